The second-order valence-electron chi connectivity index (χ2n) is 3.06. The van der Waals surface area contributed by atoms with Gasteiger partial charge in [0.1, 0.15) is 5.02 Å². The highest BCUT2D eigenvalue weighted by Gasteiger charge is 2.10. The molecule has 7 heteroatoms. The number of nitrogens with one attached hydrogen (secondary N) is 1. The quantitative estimate of drug-likeness (QED) is 0.847. The third-order valence-corrected chi connectivity index (χ3v) is 2.38. The molecule has 3 nitrogen and oxygen atoms in total. The fourth-order valence-corrected chi connectivity index (χ4v) is 1.43. The molecule has 0 atom stereocenters. The van der Waals surface area contributed by atoms with Crippen molar-refractivity contribution < 1.29 is 8.78 Å². The van der Waals surface area contributed by atoms with Gasteiger partial charge in [0.2, 0.25) is 5.28 Å². The largest absolute Gasteiger partial charge is 0.336 e. The van der Waals surface area contributed by atoms with Gasteiger partial charge in [-0.2, -0.15) is 4.98 Å². The first-order chi connectivity index (χ1) is 8.08. The van der Waals surface area contributed by atoms with Gasteiger partial charge in [0.25, 0.3) is 0 Å². The van der Waals surface area contributed by atoms with Crippen molar-refractivity contribution in [2.45, 2.75) is 0 Å². The Morgan fingerprint density at radius 3 is 2.71 bits per heavy atom. The lowest BCUT2D eigenvalue weighted by Crippen LogP contribution is -1.99. The minimum Gasteiger partial charge on any atom is -0.336 e. The molecule has 1 N–H and O–H groups in total. The number of aromatic nitrogens is 2. The van der Waals surface area contributed by atoms with E-state index < -0.39 is 11.6 Å². The summed E-state index contributed by atoms with van der Waals surface area (Å²) in [6.07, 6.45) is 1.26. The third-order valence-electron chi connectivity index (χ3n) is 1.92. The van der Waals surface area contributed by atoms with Crippen LogP contribution in [0.25, 0.3) is 0 Å². The lowest BCUT2D eigenvalue weighted by atomic mass is 10.3. The van der Waals surface area contributed by atoms with E-state index >= 15 is 0 Å². The Hall–Kier alpha value is -1.46. The molecular weight excluding hydrogens is 271 g/mol. The van der Waals surface area contributed by atoms with Gasteiger partial charge in [-0.3, -0.25) is 0 Å². The molecule has 0 aliphatic heterocycles. The van der Waals surface area contributed by atoms with Crippen LogP contribution in [0.1, 0.15) is 0 Å². The van der Waals surface area contributed by atoms with Crippen LogP contribution in [0.2, 0.25) is 10.3 Å². The zero-order valence-electron chi connectivity index (χ0n) is 8.22. The van der Waals surface area contributed by atoms with Gasteiger partial charge in [0, 0.05) is 0 Å². The Morgan fingerprint density at radius 1 is 1.18 bits per heavy atom. The van der Waals surface area contributed by atoms with Crippen LogP contribution in [0.5, 0.6) is 0 Å². The van der Waals surface area contributed by atoms with E-state index in [-0.39, 0.29) is 21.8 Å². The van der Waals surface area contributed by atoms with E-state index in [1.165, 1.54) is 18.3 Å². The van der Waals surface area contributed by atoms with Crippen LogP contribution in [-0.4, -0.2) is 9.97 Å². The van der Waals surface area contributed by atoms with Crippen LogP contribution in [0, 0.1) is 11.6 Å². The first kappa shape index (κ1) is 12.0. The summed E-state index contributed by atoms with van der Waals surface area (Å²) in [6, 6.07) is 3.72. The van der Waals surface area contributed by atoms with Crippen molar-refractivity contribution in [1.29, 1.82) is 0 Å². The molecule has 0 bridgehead atoms. The number of hydrogen-bond donors (Lipinski definition) is 1. The van der Waals surface area contributed by atoms with Crippen molar-refractivity contribution in [2.24, 2.45) is 0 Å². The summed E-state index contributed by atoms with van der Waals surface area (Å²) < 4.78 is 26.3. The first-order valence-corrected chi connectivity index (χ1v) is 5.22. The molecule has 1 aromatic heterocycles. The van der Waals surface area contributed by atoms with E-state index in [2.05, 4.69) is 15.3 Å². The number of anilines is 2. The molecule has 2 rings (SSSR count). The molecule has 1 aromatic carbocycles. The normalized spacial score (nSPS) is 10.4. The molecule has 0 spiro atoms. The molecular formula is C10H5Cl2F2N3. The Balaban J connectivity index is 2.38. The highest BCUT2D eigenvalue weighted by molar-refractivity contribution is 6.33. The third kappa shape index (κ3) is 2.62. The van der Waals surface area contributed by atoms with Gasteiger partial charge < -0.3 is 5.32 Å². The summed E-state index contributed by atoms with van der Waals surface area (Å²) in [7, 11) is 0. The molecule has 0 aliphatic rings. The maximum atomic E-state index is 13.4. The lowest BCUT2D eigenvalue weighted by molar-refractivity contribution is 0.511. The molecule has 17 heavy (non-hydrogen) atoms. The zero-order valence-corrected chi connectivity index (χ0v) is 9.73. The number of hydrogen-bond acceptors (Lipinski definition) is 3. The summed E-state index contributed by atoms with van der Waals surface area (Å²) in [5, 5.41) is 2.64. The lowest BCUT2D eigenvalue weighted by Gasteiger charge is -2.08. The first-order valence-electron chi connectivity index (χ1n) is 4.47. The fourth-order valence-electron chi connectivity index (χ4n) is 1.16. The molecule has 0 saturated carbocycles. The van der Waals surface area contributed by atoms with Gasteiger partial charge >= 0.3 is 0 Å². The highest BCUT2D eigenvalue weighted by atomic mass is 35.5. The van der Waals surface area contributed by atoms with Crippen LogP contribution in [0.4, 0.5) is 20.3 Å². The van der Waals surface area contributed by atoms with Crippen LogP contribution >= 0.6 is 23.2 Å². The van der Waals surface area contributed by atoms with Gasteiger partial charge in [-0.1, -0.05) is 17.7 Å². The van der Waals surface area contributed by atoms with Crippen molar-refractivity contribution in [3.63, 3.8) is 0 Å². The van der Waals surface area contributed by atoms with Gasteiger partial charge in [-0.15, -0.1) is 0 Å². The fraction of sp³-hybridized carbons (Fsp3) is 0. The standard InChI is InChI=1S/C10H5Cl2F2N3/c11-5-4-15-10(12)17-9(5)16-7-3-1-2-6(13)8(7)14/h1-4H,(H,15,16,17). The summed E-state index contributed by atoms with van der Waals surface area (Å²) in [4.78, 5) is 7.40. The predicted octanol–water partition coefficient (Wildman–Crippen LogP) is 3.81. The molecule has 0 radical (unpaired) electrons. The average Bonchev–Trinajstić information content (AvgIpc) is 2.30. The molecule has 0 saturated heterocycles. The van der Waals surface area contributed by atoms with E-state index in [4.69, 9.17) is 23.2 Å². The van der Waals surface area contributed by atoms with Gasteiger partial charge in [0.05, 0.1) is 11.9 Å². The minimum absolute atomic E-state index is 0.0475. The molecule has 0 unspecified atom stereocenters. The topological polar surface area (TPSA) is 37.8 Å². The van der Waals surface area contributed by atoms with E-state index in [1.54, 1.807) is 0 Å². The summed E-state index contributed by atoms with van der Waals surface area (Å²) in [5.74, 6) is -1.87. The monoisotopic (exact) mass is 275 g/mol. The van der Waals surface area contributed by atoms with Crippen LogP contribution in [0.15, 0.2) is 24.4 Å². The van der Waals surface area contributed by atoms with Crippen molar-refractivity contribution in [3.8, 4) is 0 Å². The van der Waals surface area contributed by atoms with E-state index in [0.29, 0.717) is 0 Å². The van der Waals surface area contributed by atoms with Crippen molar-refractivity contribution >= 4 is 34.7 Å². The SMILES string of the molecule is Fc1cccc(Nc2nc(Cl)ncc2Cl)c1F. The molecule has 0 amide bonds. The number of rotatable bonds is 2. The second kappa shape index (κ2) is 4.81. The average molecular weight is 276 g/mol. The van der Waals surface area contributed by atoms with Crippen molar-refractivity contribution in [2.75, 3.05) is 5.32 Å². The van der Waals surface area contributed by atoms with Gasteiger partial charge in [-0.05, 0) is 23.7 Å². The number of halogens is 4. The van der Waals surface area contributed by atoms with E-state index in [0.717, 1.165) is 6.07 Å². The summed E-state index contributed by atoms with van der Waals surface area (Å²) in [6.45, 7) is 0. The Labute approximate surface area is 105 Å². The molecule has 2 aromatic rings. The Kier molecular flexibility index (Phi) is 3.40. The molecule has 1 heterocycles. The van der Waals surface area contributed by atoms with Crippen molar-refractivity contribution in [1.82, 2.24) is 9.97 Å². The Bertz CT molecular complexity index is 563. The predicted molar refractivity (Wildman–Crippen MR) is 61.7 cm³/mol. The van der Waals surface area contributed by atoms with Gasteiger partial charge in [-0.25, -0.2) is 13.8 Å². The summed E-state index contributed by atoms with van der Waals surface area (Å²) >= 11 is 11.3. The maximum absolute atomic E-state index is 13.4. The van der Waals surface area contributed by atoms with Crippen molar-refractivity contribution in [3.05, 3.63) is 46.3 Å². The van der Waals surface area contributed by atoms with Gasteiger partial charge in [0.15, 0.2) is 17.5 Å². The number of benzene rings is 1. The zero-order chi connectivity index (χ0) is 12.4. The van der Waals surface area contributed by atoms with Crippen LogP contribution in [0.3, 0.4) is 0 Å². The smallest absolute Gasteiger partial charge is 0.224 e. The van der Waals surface area contributed by atoms with E-state index in [9.17, 15) is 8.78 Å². The van der Waals surface area contributed by atoms with Crippen LogP contribution < -0.4 is 5.32 Å². The maximum Gasteiger partial charge on any atom is 0.224 e. The second-order valence-corrected chi connectivity index (χ2v) is 3.81. The molecule has 0 fully saturated rings. The number of nitrogens with zero attached hydrogens (tertiary/aromatic N) is 2. The minimum atomic E-state index is -1.02. The highest BCUT2D eigenvalue weighted by Crippen LogP contribution is 2.25. The summed E-state index contributed by atoms with van der Waals surface area (Å²) in [5.41, 5.74) is -0.0818. The Morgan fingerprint density at radius 2 is 1.94 bits per heavy atom. The molecule has 0 aliphatic carbocycles. The van der Waals surface area contributed by atoms with Crippen LogP contribution in [-0.2, 0) is 0 Å². The van der Waals surface area contributed by atoms with E-state index in [1.807, 2.05) is 0 Å². The molecule has 88 valence electrons.